The molecular weight excluding hydrogens is 237 g/mol. The molecule has 0 fully saturated rings. The Morgan fingerprint density at radius 1 is 1.20 bits per heavy atom. The van der Waals surface area contributed by atoms with Crippen LogP contribution < -0.4 is 5.32 Å². The summed E-state index contributed by atoms with van der Waals surface area (Å²) >= 11 is 10.7. The molecule has 0 unspecified atom stereocenters. The van der Waals surface area contributed by atoms with Crippen LogP contribution in [0.5, 0.6) is 0 Å². The van der Waals surface area contributed by atoms with Gasteiger partial charge >= 0.3 is 0 Å². The van der Waals surface area contributed by atoms with E-state index in [4.69, 9.17) is 23.2 Å². The van der Waals surface area contributed by atoms with Crippen LogP contribution in [0.3, 0.4) is 0 Å². The molecule has 0 heterocycles. The third kappa shape index (κ3) is 3.90. The van der Waals surface area contributed by atoms with Crippen molar-refractivity contribution >= 4 is 40.0 Å². The summed E-state index contributed by atoms with van der Waals surface area (Å²) in [7, 11) is 0. The minimum Gasteiger partial charge on any atom is -0.326 e. The molecule has 3 nitrogen and oxygen atoms in total. The van der Waals surface area contributed by atoms with E-state index in [-0.39, 0.29) is 18.2 Å². The maximum Gasteiger partial charge on any atom is 0.252 e. The van der Waals surface area contributed by atoms with Gasteiger partial charge in [0, 0.05) is 23.6 Å². The molecule has 0 aliphatic heterocycles. The number of alkyl halides is 1. The van der Waals surface area contributed by atoms with Gasteiger partial charge < -0.3 is 5.32 Å². The van der Waals surface area contributed by atoms with E-state index in [0.29, 0.717) is 11.3 Å². The van der Waals surface area contributed by atoms with Gasteiger partial charge in [-0.15, -0.1) is 11.6 Å². The molecule has 1 aromatic carbocycles. The molecule has 0 saturated carbocycles. The van der Waals surface area contributed by atoms with Gasteiger partial charge in [0.1, 0.15) is 0 Å². The Morgan fingerprint density at radius 3 is 2.27 bits per heavy atom. The minimum absolute atomic E-state index is 0.157. The highest BCUT2D eigenvalue weighted by Gasteiger charge is 2.03. The summed E-state index contributed by atoms with van der Waals surface area (Å²) in [6.45, 7) is 0. The molecule has 80 valence electrons. The number of amides is 1. The van der Waals surface area contributed by atoms with E-state index in [1.165, 1.54) is 0 Å². The number of carbonyl (C=O) groups excluding carboxylic acids is 2. The molecule has 0 saturated heterocycles. The van der Waals surface area contributed by atoms with Crippen LogP contribution in [-0.4, -0.2) is 17.0 Å². The highest BCUT2D eigenvalue weighted by molar-refractivity contribution is 6.67. The van der Waals surface area contributed by atoms with Crippen LogP contribution in [0.2, 0.25) is 0 Å². The molecule has 0 aliphatic rings. The van der Waals surface area contributed by atoms with Crippen molar-refractivity contribution in [3.63, 3.8) is 0 Å². The number of carbonyl (C=O) groups is 2. The van der Waals surface area contributed by atoms with Crippen LogP contribution in [0.15, 0.2) is 24.3 Å². The number of halogens is 2. The quantitative estimate of drug-likeness (QED) is 0.655. The van der Waals surface area contributed by atoms with Gasteiger partial charge in [0.15, 0.2) is 0 Å². The summed E-state index contributed by atoms with van der Waals surface area (Å²) in [5.41, 5.74) is 1.01. The van der Waals surface area contributed by atoms with E-state index in [1.807, 2.05) is 0 Å². The Balaban J connectivity index is 2.64. The molecule has 5 heteroatoms. The minimum atomic E-state index is -0.520. The second-order valence-electron chi connectivity index (χ2n) is 2.84. The van der Waals surface area contributed by atoms with Gasteiger partial charge in [-0.05, 0) is 35.9 Å². The molecule has 1 rings (SSSR count). The molecule has 0 aromatic heterocycles. The molecular formula is C10H9Cl2NO2. The molecule has 0 aliphatic carbocycles. The van der Waals surface area contributed by atoms with Crippen molar-refractivity contribution in [3.05, 3.63) is 29.8 Å². The summed E-state index contributed by atoms with van der Waals surface area (Å²) in [5.74, 6) is 0.124. The predicted octanol–water partition coefficient (Wildman–Crippen LogP) is 2.63. The monoisotopic (exact) mass is 245 g/mol. The number of rotatable bonds is 4. The van der Waals surface area contributed by atoms with Gasteiger partial charge in [0.05, 0.1) is 0 Å². The highest BCUT2D eigenvalue weighted by atomic mass is 35.5. The fraction of sp³-hybridized carbons (Fsp3) is 0.200. The zero-order chi connectivity index (χ0) is 11.3. The van der Waals surface area contributed by atoms with Gasteiger partial charge in [0.25, 0.3) is 5.24 Å². The van der Waals surface area contributed by atoms with E-state index in [2.05, 4.69) is 5.32 Å². The molecule has 0 atom stereocenters. The Labute approximate surface area is 97.4 Å². The normalized spacial score (nSPS) is 9.73. The number of nitrogens with one attached hydrogen (secondary N) is 1. The number of anilines is 1. The third-order valence-corrected chi connectivity index (χ3v) is 2.12. The average molecular weight is 246 g/mol. The summed E-state index contributed by atoms with van der Waals surface area (Å²) < 4.78 is 0. The van der Waals surface area contributed by atoms with E-state index in [0.717, 1.165) is 0 Å². The van der Waals surface area contributed by atoms with Gasteiger partial charge in [-0.25, -0.2) is 0 Å². The summed E-state index contributed by atoms with van der Waals surface area (Å²) in [5, 5.41) is 2.11. The molecule has 0 radical (unpaired) electrons. The Bertz CT molecular complexity index is 362. The fourth-order valence-corrected chi connectivity index (χ4v) is 1.29. The SMILES string of the molecule is O=C(CCCl)Nc1ccc(C(=O)Cl)cc1. The van der Waals surface area contributed by atoms with E-state index in [1.54, 1.807) is 24.3 Å². The van der Waals surface area contributed by atoms with Crippen LogP contribution >= 0.6 is 23.2 Å². The van der Waals surface area contributed by atoms with Gasteiger partial charge in [0.2, 0.25) is 5.91 Å². The van der Waals surface area contributed by atoms with E-state index < -0.39 is 5.24 Å². The van der Waals surface area contributed by atoms with Crippen molar-refractivity contribution in [2.45, 2.75) is 6.42 Å². The number of hydrogen-bond donors (Lipinski definition) is 1. The van der Waals surface area contributed by atoms with Crippen LogP contribution in [-0.2, 0) is 4.79 Å². The predicted molar refractivity (Wildman–Crippen MR) is 60.6 cm³/mol. The van der Waals surface area contributed by atoms with E-state index in [9.17, 15) is 9.59 Å². The van der Waals surface area contributed by atoms with Crippen molar-refractivity contribution in [1.29, 1.82) is 0 Å². The zero-order valence-corrected chi connectivity index (χ0v) is 9.31. The van der Waals surface area contributed by atoms with Crippen molar-refractivity contribution < 1.29 is 9.59 Å². The third-order valence-electron chi connectivity index (χ3n) is 1.72. The maximum absolute atomic E-state index is 11.1. The van der Waals surface area contributed by atoms with E-state index >= 15 is 0 Å². The lowest BCUT2D eigenvalue weighted by atomic mass is 10.2. The topological polar surface area (TPSA) is 46.2 Å². The first-order chi connectivity index (χ1) is 7.13. The molecule has 0 spiro atoms. The first-order valence-corrected chi connectivity index (χ1v) is 5.20. The highest BCUT2D eigenvalue weighted by Crippen LogP contribution is 2.11. The Morgan fingerprint density at radius 2 is 1.80 bits per heavy atom. The molecule has 1 aromatic rings. The van der Waals surface area contributed by atoms with Gasteiger partial charge in [-0.3, -0.25) is 9.59 Å². The molecule has 0 bridgehead atoms. The second-order valence-corrected chi connectivity index (χ2v) is 3.56. The summed E-state index contributed by atoms with van der Waals surface area (Å²) in [6.07, 6.45) is 0.262. The Hall–Kier alpha value is -1.06. The standard InChI is InChI=1S/C10H9Cl2NO2/c11-6-5-9(14)13-8-3-1-7(2-4-8)10(12)15/h1-4H,5-6H2,(H,13,14). The van der Waals surface area contributed by atoms with Gasteiger partial charge in [-0.2, -0.15) is 0 Å². The first-order valence-electron chi connectivity index (χ1n) is 4.29. The maximum atomic E-state index is 11.1. The van der Waals surface area contributed by atoms with Crippen molar-refractivity contribution in [3.8, 4) is 0 Å². The molecule has 1 N–H and O–H groups in total. The molecule has 1 amide bonds. The van der Waals surface area contributed by atoms with Crippen molar-refractivity contribution in [2.75, 3.05) is 11.2 Å². The lowest BCUT2D eigenvalue weighted by Gasteiger charge is -2.03. The fourth-order valence-electron chi connectivity index (χ4n) is 0.994. The average Bonchev–Trinajstić information content (AvgIpc) is 2.18. The summed E-state index contributed by atoms with van der Waals surface area (Å²) in [4.78, 5) is 21.9. The van der Waals surface area contributed by atoms with Crippen LogP contribution in [0.4, 0.5) is 5.69 Å². The van der Waals surface area contributed by atoms with Gasteiger partial charge in [-0.1, -0.05) is 0 Å². The lowest BCUT2D eigenvalue weighted by Crippen LogP contribution is -2.11. The second kappa shape index (κ2) is 5.73. The zero-order valence-electron chi connectivity index (χ0n) is 7.80. The largest absolute Gasteiger partial charge is 0.326 e. The van der Waals surface area contributed by atoms with Crippen molar-refractivity contribution in [2.24, 2.45) is 0 Å². The van der Waals surface area contributed by atoms with Crippen molar-refractivity contribution in [1.82, 2.24) is 0 Å². The number of benzene rings is 1. The van der Waals surface area contributed by atoms with Crippen LogP contribution in [0, 0.1) is 0 Å². The Kier molecular flexibility index (Phi) is 4.59. The van der Waals surface area contributed by atoms with Crippen LogP contribution in [0.1, 0.15) is 16.8 Å². The number of hydrogen-bond acceptors (Lipinski definition) is 2. The smallest absolute Gasteiger partial charge is 0.252 e. The molecule has 15 heavy (non-hydrogen) atoms. The van der Waals surface area contributed by atoms with Crippen LogP contribution in [0.25, 0.3) is 0 Å². The lowest BCUT2D eigenvalue weighted by molar-refractivity contribution is -0.115. The first kappa shape index (κ1) is 12.0. The summed E-state index contributed by atoms with van der Waals surface area (Å²) in [6, 6.07) is 6.32.